The van der Waals surface area contributed by atoms with E-state index in [4.69, 9.17) is 0 Å². The lowest BCUT2D eigenvalue weighted by Crippen LogP contribution is -2.52. The molecular formula is C16H15N3O2. The highest BCUT2D eigenvalue weighted by atomic mass is 16.3. The lowest BCUT2D eigenvalue weighted by Gasteiger charge is -2.22. The van der Waals surface area contributed by atoms with Gasteiger partial charge in [-0.05, 0) is 17.7 Å². The van der Waals surface area contributed by atoms with Crippen LogP contribution in [0.2, 0.25) is 0 Å². The van der Waals surface area contributed by atoms with Crippen molar-refractivity contribution in [2.24, 2.45) is 4.99 Å². The summed E-state index contributed by atoms with van der Waals surface area (Å²) >= 11 is 0. The fourth-order valence-electron chi connectivity index (χ4n) is 2.19. The van der Waals surface area contributed by atoms with Gasteiger partial charge in [0.15, 0.2) is 0 Å². The van der Waals surface area contributed by atoms with Gasteiger partial charge in [-0.25, -0.2) is 0 Å². The third-order valence-electron chi connectivity index (χ3n) is 3.30. The summed E-state index contributed by atoms with van der Waals surface area (Å²) in [5, 5.41) is 9.29. The summed E-state index contributed by atoms with van der Waals surface area (Å²) in [6.45, 7) is 0. The van der Waals surface area contributed by atoms with Gasteiger partial charge in [0.2, 0.25) is 0 Å². The first kappa shape index (κ1) is 13.2. The van der Waals surface area contributed by atoms with Gasteiger partial charge >= 0.3 is 0 Å². The van der Waals surface area contributed by atoms with Gasteiger partial charge in [-0.1, -0.05) is 42.5 Å². The standard InChI is InChI=1S/C16H15N3O2/c20-13-8-6-11(7-9-13)10-14-16(21)19-18-15(17-14)12-4-2-1-3-5-12/h1-9,14,20H,10H2,(H,17,18)(H,19,21). The predicted molar refractivity (Wildman–Crippen MR) is 79.9 cm³/mol. The van der Waals surface area contributed by atoms with Crippen molar-refractivity contribution in [1.82, 2.24) is 10.9 Å². The van der Waals surface area contributed by atoms with E-state index in [2.05, 4.69) is 15.8 Å². The number of carbonyl (C=O) groups excluding carboxylic acids is 1. The Hall–Kier alpha value is -2.82. The maximum absolute atomic E-state index is 11.9. The molecule has 21 heavy (non-hydrogen) atoms. The zero-order chi connectivity index (χ0) is 14.7. The molecule has 0 fully saturated rings. The number of benzene rings is 2. The van der Waals surface area contributed by atoms with Crippen LogP contribution in [0.1, 0.15) is 11.1 Å². The fourth-order valence-corrected chi connectivity index (χ4v) is 2.19. The average molecular weight is 281 g/mol. The van der Waals surface area contributed by atoms with Crippen molar-refractivity contribution in [3.63, 3.8) is 0 Å². The maximum Gasteiger partial charge on any atom is 0.263 e. The Kier molecular flexibility index (Phi) is 3.55. The minimum absolute atomic E-state index is 0.164. The molecule has 1 unspecified atom stereocenters. The van der Waals surface area contributed by atoms with Gasteiger partial charge in [-0.3, -0.25) is 20.6 Å². The number of hydrogen-bond acceptors (Lipinski definition) is 4. The number of carbonyl (C=O) groups is 1. The molecule has 0 aromatic heterocycles. The third-order valence-corrected chi connectivity index (χ3v) is 3.30. The first-order chi connectivity index (χ1) is 10.2. The second-order valence-electron chi connectivity index (χ2n) is 4.84. The Morgan fingerprint density at radius 2 is 1.71 bits per heavy atom. The minimum Gasteiger partial charge on any atom is -0.508 e. The largest absolute Gasteiger partial charge is 0.508 e. The fraction of sp³-hybridized carbons (Fsp3) is 0.125. The lowest BCUT2D eigenvalue weighted by molar-refractivity contribution is -0.123. The van der Waals surface area contributed by atoms with E-state index in [1.165, 1.54) is 0 Å². The van der Waals surface area contributed by atoms with Crippen LogP contribution in [-0.4, -0.2) is 22.9 Å². The molecule has 1 aliphatic heterocycles. The van der Waals surface area contributed by atoms with Gasteiger partial charge in [0.05, 0.1) is 0 Å². The van der Waals surface area contributed by atoms with Crippen molar-refractivity contribution >= 4 is 11.7 Å². The molecule has 5 heteroatoms. The predicted octanol–water partition coefficient (Wildman–Crippen LogP) is 1.38. The van der Waals surface area contributed by atoms with Gasteiger partial charge < -0.3 is 5.11 Å². The number of nitrogens with one attached hydrogen (secondary N) is 2. The molecule has 0 saturated heterocycles. The molecule has 3 rings (SSSR count). The van der Waals surface area contributed by atoms with Gasteiger partial charge in [-0.15, -0.1) is 0 Å². The Labute approximate surface area is 122 Å². The Morgan fingerprint density at radius 1 is 1.00 bits per heavy atom. The van der Waals surface area contributed by atoms with Crippen LogP contribution in [0.15, 0.2) is 59.6 Å². The summed E-state index contributed by atoms with van der Waals surface area (Å²) in [5.41, 5.74) is 7.34. The number of phenolic OH excluding ortho intramolecular Hbond substituents is 1. The zero-order valence-electron chi connectivity index (χ0n) is 11.3. The highest BCUT2D eigenvalue weighted by molar-refractivity contribution is 6.03. The summed E-state index contributed by atoms with van der Waals surface area (Å²) in [5.74, 6) is 0.698. The molecule has 0 saturated carbocycles. The molecule has 2 aromatic rings. The summed E-state index contributed by atoms with van der Waals surface area (Å²) < 4.78 is 0. The van der Waals surface area contributed by atoms with Crippen molar-refractivity contribution in [1.29, 1.82) is 0 Å². The minimum atomic E-state index is -0.481. The molecule has 3 N–H and O–H groups in total. The Balaban J connectivity index is 1.83. The van der Waals surface area contributed by atoms with Gasteiger partial charge in [0.25, 0.3) is 5.91 Å². The van der Waals surface area contributed by atoms with Crippen LogP contribution in [0, 0.1) is 0 Å². The van der Waals surface area contributed by atoms with Crippen LogP contribution in [0.25, 0.3) is 0 Å². The maximum atomic E-state index is 11.9. The number of aromatic hydroxyl groups is 1. The summed E-state index contributed by atoms with van der Waals surface area (Å²) in [4.78, 5) is 16.4. The van der Waals surface area contributed by atoms with Crippen LogP contribution in [0.4, 0.5) is 0 Å². The number of phenols is 1. The Morgan fingerprint density at radius 3 is 2.43 bits per heavy atom. The molecule has 1 heterocycles. The number of amidine groups is 1. The quantitative estimate of drug-likeness (QED) is 0.796. The molecule has 0 bridgehead atoms. The van der Waals surface area contributed by atoms with E-state index in [-0.39, 0.29) is 11.7 Å². The number of amides is 1. The van der Waals surface area contributed by atoms with Gasteiger partial charge in [0, 0.05) is 12.0 Å². The highest BCUT2D eigenvalue weighted by Crippen LogP contribution is 2.14. The highest BCUT2D eigenvalue weighted by Gasteiger charge is 2.23. The topological polar surface area (TPSA) is 73.7 Å². The molecule has 0 spiro atoms. The molecule has 0 aliphatic carbocycles. The van der Waals surface area contributed by atoms with E-state index in [9.17, 15) is 9.90 Å². The molecular weight excluding hydrogens is 266 g/mol. The molecule has 0 radical (unpaired) electrons. The number of rotatable bonds is 3. The van der Waals surface area contributed by atoms with E-state index >= 15 is 0 Å². The average Bonchev–Trinajstić information content (AvgIpc) is 2.52. The van der Waals surface area contributed by atoms with Crippen LogP contribution >= 0.6 is 0 Å². The second kappa shape index (κ2) is 5.66. The van der Waals surface area contributed by atoms with Crippen LogP contribution in [-0.2, 0) is 11.2 Å². The number of hydrazine groups is 1. The van der Waals surface area contributed by atoms with Gasteiger partial charge in [0.1, 0.15) is 17.6 Å². The van der Waals surface area contributed by atoms with E-state index < -0.39 is 6.04 Å². The number of aliphatic imine (C=N–C) groups is 1. The molecule has 1 atom stereocenters. The monoisotopic (exact) mass is 281 g/mol. The van der Waals surface area contributed by atoms with Crippen molar-refractivity contribution in [3.05, 3.63) is 65.7 Å². The van der Waals surface area contributed by atoms with Crippen LogP contribution in [0.5, 0.6) is 5.75 Å². The summed E-state index contributed by atoms with van der Waals surface area (Å²) in [7, 11) is 0. The lowest BCUT2D eigenvalue weighted by atomic mass is 10.0. The van der Waals surface area contributed by atoms with Crippen molar-refractivity contribution < 1.29 is 9.90 Å². The first-order valence-corrected chi connectivity index (χ1v) is 6.69. The van der Waals surface area contributed by atoms with Crippen LogP contribution < -0.4 is 10.9 Å². The van der Waals surface area contributed by atoms with Crippen molar-refractivity contribution in [2.75, 3.05) is 0 Å². The smallest absolute Gasteiger partial charge is 0.263 e. The SMILES string of the molecule is O=C1NNC(c2ccccc2)=NC1Cc1ccc(O)cc1. The Bertz CT molecular complexity index is 666. The number of hydrogen-bond donors (Lipinski definition) is 3. The normalized spacial score (nSPS) is 17.6. The van der Waals surface area contributed by atoms with Crippen molar-refractivity contribution in [3.8, 4) is 5.75 Å². The molecule has 106 valence electrons. The summed E-state index contributed by atoms with van der Waals surface area (Å²) in [6, 6.07) is 16.0. The van der Waals surface area contributed by atoms with Crippen LogP contribution in [0.3, 0.4) is 0 Å². The molecule has 2 aromatic carbocycles. The zero-order valence-corrected chi connectivity index (χ0v) is 11.3. The van der Waals surface area contributed by atoms with E-state index in [0.717, 1.165) is 11.1 Å². The van der Waals surface area contributed by atoms with Gasteiger partial charge in [-0.2, -0.15) is 0 Å². The molecule has 5 nitrogen and oxygen atoms in total. The second-order valence-corrected chi connectivity index (χ2v) is 4.84. The summed E-state index contributed by atoms with van der Waals surface area (Å²) in [6.07, 6.45) is 0.490. The molecule has 1 aliphatic rings. The van der Waals surface area contributed by atoms with E-state index in [0.29, 0.717) is 12.3 Å². The van der Waals surface area contributed by atoms with Crippen molar-refractivity contribution in [2.45, 2.75) is 12.5 Å². The third kappa shape index (κ3) is 3.02. The number of nitrogens with zero attached hydrogens (tertiary/aromatic N) is 1. The molecule has 1 amide bonds. The first-order valence-electron chi connectivity index (χ1n) is 6.69. The van der Waals surface area contributed by atoms with E-state index in [1.807, 2.05) is 30.3 Å². The van der Waals surface area contributed by atoms with E-state index in [1.54, 1.807) is 24.3 Å².